The van der Waals surface area contributed by atoms with E-state index in [2.05, 4.69) is 14.5 Å². The van der Waals surface area contributed by atoms with E-state index in [4.69, 9.17) is 5.73 Å². The van der Waals surface area contributed by atoms with Gasteiger partial charge < -0.3 is 10.3 Å². The molecule has 4 nitrogen and oxygen atoms in total. The van der Waals surface area contributed by atoms with Gasteiger partial charge >= 0.3 is 0 Å². The third-order valence-corrected chi connectivity index (χ3v) is 3.99. The highest BCUT2D eigenvalue weighted by atomic mass is 15.2. The van der Waals surface area contributed by atoms with Crippen molar-refractivity contribution in [3.8, 4) is 0 Å². The predicted molar refractivity (Wildman–Crippen MR) is 63.0 cm³/mol. The van der Waals surface area contributed by atoms with Gasteiger partial charge in [0.2, 0.25) is 0 Å². The van der Waals surface area contributed by atoms with E-state index in [1.165, 1.54) is 43.9 Å². The molecule has 4 heteroatoms. The van der Waals surface area contributed by atoms with Gasteiger partial charge in [-0.15, -0.1) is 0 Å². The average Bonchev–Trinajstić information content (AvgIpc) is 2.97. The maximum Gasteiger partial charge on any atom is 0.110 e. The van der Waals surface area contributed by atoms with E-state index in [1.807, 2.05) is 6.20 Å². The normalized spacial score (nSPS) is 25.9. The van der Waals surface area contributed by atoms with Crippen molar-refractivity contribution in [3.05, 3.63) is 17.7 Å². The minimum atomic E-state index is 0.612. The molecular weight excluding hydrogens is 200 g/mol. The maximum atomic E-state index is 5.70. The van der Waals surface area contributed by atoms with Gasteiger partial charge in [-0.1, -0.05) is 0 Å². The molecule has 3 heterocycles. The molecule has 1 fully saturated rings. The molecule has 16 heavy (non-hydrogen) atoms. The van der Waals surface area contributed by atoms with Gasteiger partial charge in [0, 0.05) is 31.7 Å². The van der Waals surface area contributed by atoms with Crippen molar-refractivity contribution < 1.29 is 0 Å². The number of rotatable bonds is 2. The number of likely N-dealkylation sites (tertiary alicyclic amines) is 1. The third-order valence-electron chi connectivity index (χ3n) is 3.99. The minimum absolute atomic E-state index is 0.612. The van der Waals surface area contributed by atoms with E-state index >= 15 is 0 Å². The topological polar surface area (TPSA) is 47.1 Å². The summed E-state index contributed by atoms with van der Waals surface area (Å²) in [5.74, 6) is 1.24. The fourth-order valence-electron chi connectivity index (χ4n) is 3.06. The third kappa shape index (κ3) is 1.66. The second-order valence-electron chi connectivity index (χ2n) is 4.91. The molecule has 0 spiro atoms. The Morgan fingerprint density at radius 3 is 2.88 bits per heavy atom. The van der Waals surface area contributed by atoms with Crippen LogP contribution < -0.4 is 5.73 Å². The summed E-state index contributed by atoms with van der Waals surface area (Å²) in [6, 6.07) is 0.725. The van der Waals surface area contributed by atoms with Crippen molar-refractivity contribution in [2.45, 2.75) is 44.8 Å². The molecule has 0 saturated carbocycles. The first-order chi connectivity index (χ1) is 7.88. The highest BCUT2D eigenvalue weighted by Crippen LogP contribution is 2.23. The number of nitrogens with two attached hydrogens (primary N) is 1. The first-order valence-corrected chi connectivity index (χ1v) is 6.36. The molecule has 0 aliphatic carbocycles. The maximum absolute atomic E-state index is 5.70. The number of hydrogen-bond acceptors (Lipinski definition) is 3. The standard InChI is InChI=1S/C12H20N4/c13-8-11-9-14-12-7-10(3-6-16(11)12)15-4-1-2-5-15/h9-10H,1-8,13H2. The van der Waals surface area contributed by atoms with Crippen molar-refractivity contribution in [2.75, 3.05) is 13.1 Å². The summed E-state index contributed by atoms with van der Waals surface area (Å²) in [7, 11) is 0. The number of fused-ring (bicyclic) bond motifs is 1. The lowest BCUT2D eigenvalue weighted by Gasteiger charge is -2.31. The molecular formula is C12H20N4. The van der Waals surface area contributed by atoms with Gasteiger partial charge in [0.1, 0.15) is 5.82 Å². The quantitative estimate of drug-likeness (QED) is 0.800. The lowest BCUT2D eigenvalue weighted by atomic mass is 10.0. The second kappa shape index (κ2) is 4.18. The Balaban J connectivity index is 1.76. The summed E-state index contributed by atoms with van der Waals surface area (Å²) in [6.07, 6.45) is 7.07. The molecule has 0 amide bonds. The summed E-state index contributed by atoms with van der Waals surface area (Å²) in [4.78, 5) is 7.14. The molecule has 0 aromatic carbocycles. The van der Waals surface area contributed by atoms with Crippen LogP contribution in [0, 0.1) is 0 Å². The SMILES string of the molecule is NCc1cnc2n1CCC(N1CCCC1)C2. The first-order valence-electron chi connectivity index (χ1n) is 6.36. The smallest absolute Gasteiger partial charge is 0.110 e. The lowest BCUT2D eigenvalue weighted by molar-refractivity contribution is 0.202. The van der Waals surface area contributed by atoms with E-state index < -0.39 is 0 Å². The molecule has 0 radical (unpaired) electrons. The van der Waals surface area contributed by atoms with Crippen LogP contribution in [-0.4, -0.2) is 33.6 Å². The van der Waals surface area contributed by atoms with Gasteiger partial charge in [0.05, 0.1) is 5.69 Å². The van der Waals surface area contributed by atoms with Crippen LogP contribution in [0.1, 0.15) is 30.8 Å². The zero-order chi connectivity index (χ0) is 11.0. The molecule has 1 aromatic rings. The Bertz CT molecular complexity index is 365. The van der Waals surface area contributed by atoms with E-state index in [-0.39, 0.29) is 0 Å². The molecule has 1 atom stereocenters. The predicted octanol–water partition coefficient (Wildman–Crippen LogP) is 0.752. The number of imidazole rings is 1. The molecule has 3 rings (SSSR count). The number of nitrogens with zero attached hydrogens (tertiary/aromatic N) is 3. The zero-order valence-corrected chi connectivity index (χ0v) is 9.73. The van der Waals surface area contributed by atoms with Crippen molar-refractivity contribution >= 4 is 0 Å². The molecule has 0 bridgehead atoms. The molecule has 2 N–H and O–H groups in total. The Labute approximate surface area is 96.4 Å². The van der Waals surface area contributed by atoms with Crippen molar-refractivity contribution in [2.24, 2.45) is 5.73 Å². The Kier molecular flexibility index (Phi) is 2.69. The van der Waals surface area contributed by atoms with Crippen LogP contribution in [0.3, 0.4) is 0 Å². The van der Waals surface area contributed by atoms with Crippen LogP contribution in [0.5, 0.6) is 0 Å². The van der Waals surface area contributed by atoms with E-state index in [9.17, 15) is 0 Å². The van der Waals surface area contributed by atoms with Crippen LogP contribution in [0.15, 0.2) is 6.20 Å². The highest BCUT2D eigenvalue weighted by Gasteiger charge is 2.27. The molecule has 1 aromatic heterocycles. The molecule has 2 aliphatic rings. The van der Waals surface area contributed by atoms with Gasteiger partial charge in [-0.3, -0.25) is 4.90 Å². The van der Waals surface area contributed by atoms with Gasteiger partial charge in [0.15, 0.2) is 0 Å². The van der Waals surface area contributed by atoms with E-state index in [1.54, 1.807) is 0 Å². The van der Waals surface area contributed by atoms with E-state index in [0.717, 1.165) is 19.0 Å². The van der Waals surface area contributed by atoms with Crippen LogP contribution >= 0.6 is 0 Å². The van der Waals surface area contributed by atoms with Crippen LogP contribution in [-0.2, 0) is 19.5 Å². The summed E-state index contributed by atoms with van der Waals surface area (Å²) >= 11 is 0. The van der Waals surface area contributed by atoms with Crippen LogP contribution in [0.25, 0.3) is 0 Å². The highest BCUT2D eigenvalue weighted by molar-refractivity contribution is 5.09. The van der Waals surface area contributed by atoms with Crippen molar-refractivity contribution in [1.82, 2.24) is 14.5 Å². The fourth-order valence-corrected chi connectivity index (χ4v) is 3.06. The summed E-state index contributed by atoms with van der Waals surface area (Å²) < 4.78 is 2.31. The summed E-state index contributed by atoms with van der Waals surface area (Å²) in [6.45, 7) is 4.29. The molecule has 1 saturated heterocycles. The van der Waals surface area contributed by atoms with Gasteiger partial charge in [-0.2, -0.15) is 0 Å². The lowest BCUT2D eigenvalue weighted by Crippen LogP contribution is -2.39. The molecule has 1 unspecified atom stereocenters. The van der Waals surface area contributed by atoms with E-state index in [0.29, 0.717) is 6.54 Å². The van der Waals surface area contributed by atoms with Crippen molar-refractivity contribution in [1.29, 1.82) is 0 Å². The monoisotopic (exact) mass is 220 g/mol. The summed E-state index contributed by atoms with van der Waals surface area (Å²) in [5.41, 5.74) is 6.89. The number of aromatic nitrogens is 2. The van der Waals surface area contributed by atoms with Gasteiger partial charge in [-0.25, -0.2) is 4.98 Å². The van der Waals surface area contributed by atoms with Crippen LogP contribution in [0.2, 0.25) is 0 Å². The fraction of sp³-hybridized carbons (Fsp3) is 0.750. The minimum Gasteiger partial charge on any atom is -0.331 e. The second-order valence-corrected chi connectivity index (χ2v) is 4.91. The Morgan fingerprint density at radius 1 is 1.31 bits per heavy atom. The first kappa shape index (κ1) is 10.3. The van der Waals surface area contributed by atoms with Gasteiger partial charge in [0.25, 0.3) is 0 Å². The van der Waals surface area contributed by atoms with Crippen LogP contribution in [0.4, 0.5) is 0 Å². The Hall–Kier alpha value is -0.870. The number of hydrogen-bond donors (Lipinski definition) is 1. The van der Waals surface area contributed by atoms with Crippen molar-refractivity contribution in [3.63, 3.8) is 0 Å². The molecule has 2 aliphatic heterocycles. The summed E-state index contributed by atoms with van der Waals surface area (Å²) in [5, 5.41) is 0. The molecule has 88 valence electrons. The van der Waals surface area contributed by atoms with Gasteiger partial charge in [-0.05, 0) is 32.4 Å². The zero-order valence-electron chi connectivity index (χ0n) is 9.73. The Morgan fingerprint density at radius 2 is 2.12 bits per heavy atom. The largest absolute Gasteiger partial charge is 0.331 e. The average molecular weight is 220 g/mol.